The van der Waals surface area contributed by atoms with Crippen molar-refractivity contribution in [1.82, 2.24) is 5.32 Å². The van der Waals surface area contributed by atoms with Crippen molar-refractivity contribution in [2.45, 2.75) is 32.7 Å². The number of carbonyl (C=O) groups excluding carboxylic acids is 1. The number of aliphatic hydroxyl groups is 1. The SMILES string of the molecule is Cc1ccc(-c2ccsc2C(=O)NC(C)CCCO)cc1. The number of thiophene rings is 1. The summed E-state index contributed by atoms with van der Waals surface area (Å²) in [7, 11) is 0. The molecule has 0 aliphatic heterocycles. The van der Waals surface area contributed by atoms with Gasteiger partial charge in [0.2, 0.25) is 0 Å². The molecule has 2 N–H and O–H groups in total. The maximum Gasteiger partial charge on any atom is 0.262 e. The molecule has 1 unspecified atom stereocenters. The van der Waals surface area contributed by atoms with Crippen molar-refractivity contribution in [2.24, 2.45) is 0 Å². The molecular formula is C17H21NO2S. The quantitative estimate of drug-likeness (QED) is 0.856. The molecular weight excluding hydrogens is 282 g/mol. The van der Waals surface area contributed by atoms with Gasteiger partial charge >= 0.3 is 0 Å². The first-order valence-electron chi connectivity index (χ1n) is 7.18. The lowest BCUT2D eigenvalue weighted by Gasteiger charge is -2.13. The topological polar surface area (TPSA) is 49.3 Å². The Morgan fingerprint density at radius 1 is 1.29 bits per heavy atom. The van der Waals surface area contributed by atoms with Crippen LogP contribution >= 0.6 is 11.3 Å². The smallest absolute Gasteiger partial charge is 0.262 e. The Kier molecular flexibility index (Phi) is 5.53. The molecule has 0 aliphatic rings. The van der Waals surface area contributed by atoms with Crippen molar-refractivity contribution in [3.8, 4) is 11.1 Å². The fourth-order valence-electron chi connectivity index (χ4n) is 2.20. The zero-order valence-electron chi connectivity index (χ0n) is 12.4. The Bertz CT molecular complexity index is 589. The van der Waals surface area contributed by atoms with Crippen LogP contribution in [0.1, 0.15) is 35.0 Å². The van der Waals surface area contributed by atoms with Gasteiger partial charge in [-0.2, -0.15) is 0 Å². The molecule has 2 rings (SSSR count). The summed E-state index contributed by atoms with van der Waals surface area (Å²) in [5, 5.41) is 13.8. The molecule has 4 heteroatoms. The zero-order chi connectivity index (χ0) is 15.2. The molecule has 0 spiro atoms. The monoisotopic (exact) mass is 303 g/mol. The van der Waals surface area contributed by atoms with Crippen molar-refractivity contribution in [3.63, 3.8) is 0 Å². The number of carbonyl (C=O) groups is 1. The number of aryl methyl sites for hydroxylation is 1. The van der Waals surface area contributed by atoms with Crippen molar-refractivity contribution in [3.05, 3.63) is 46.2 Å². The molecule has 0 saturated heterocycles. The maximum atomic E-state index is 12.4. The van der Waals surface area contributed by atoms with Crippen LogP contribution in [0.5, 0.6) is 0 Å². The molecule has 21 heavy (non-hydrogen) atoms. The van der Waals surface area contributed by atoms with Crippen molar-refractivity contribution in [2.75, 3.05) is 6.61 Å². The second kappa shape index (κ2) is 7.38. The number of nitrogens with one attached hydrogen (secondary N) is 1. The van der Waals surface area contributed by atoms with Crippen LogP contribution in [0.25, 0.3) is 11.1 Å². The fourth-order valence-corrected chi connectivity index (χ4v) is 3.02. The Morgan fingerprint density at radius 3 is 2.67 bits per heavy atom. The molecule has 0 fully saturated rings. The van der Waals surface area contributed by atoms with E-state index in [-0.39, 0.29) is 18.6 Å². The highest BCUT2D eigenvalue weighted by Gasteiger charge is 2.16. The van der Waals surface area contributed by atoms with Gasteiger partial charge in [-0.25, -0.2) is 0 Å². The van der Waals surface area contributed by atoms with Gasteiger partial charge in [-0.1, -0.05) is 29.8 Å². The van der Waals surface area contributed by atoms with Gasteiger partial charge in [0, 0.05) is 18.2 Å². The van der Waals surface area contributed by atoms with Gasteiger partial charge in [-0.05, 0) is 43.7 Å². The summed E-state index contributed by atoms with van der Waals surface area (Å²) < 4.78 is 0. The van der Waals surface area contributed by atoms with E-state index < -0.39 is 0 Å². The van der Waals surface area contributed by atoms with Gasteiger partial charge in [-0.3, -0.25) is 4.79 Å². The van der Waals surface area contributed by atoms with Crippen LogP contribution in [0, 0.1) is 6.92 Å². The zero-order valence-corrected chi connectivity index (χ0v) is 13.2. The predicted molar refractivity (Wildman–Crippen MR) is 87.7 cm³/mol. The van der Waals surface area contributed by atoms with E-state index in [4.69, 9.17) is 5.11 Å². The molecule has 3 nitrogen and oxygen atoms in total. The fraction of sp³-hybridized carbons (Fsp3) is 0.353. The third kappa shape index (κ3) is 4.16. The first kappa shape index (κ1) is 15.7. The highest BCUT2D eigenvalue weighted by molar-refractivity contribution is 7.12. The summed E-state index contributed by atoms with van der Waals surface area (Å²) in [5.74, 6) is -0.0361. The van der Waals surface area contributed by atoms with E-state index in [1.807, 2.05) is 37.4 Å². The first-order valence-corrected chi connectivity index (χ1v) is 8.06. The van der Waals surface area contributed by atoms with E-state index in [9.17, 15) is 4.79 Å². The van der Waals surface area contributed by atoms with Crippen molar-refractivity contribution >= 4 is 17.2 Å². The summed E-state index contributed by atoms with van der Waals surface area (Å²) in [5.41, 5.74) is 3.25. The van der Waals surface area contributed by atoms with Gasteiger partial charge < -0.3 is 10.4 Å². The van der Waals surface area contributed by atoms with Crippen LogP contribution in [-0.4, -0.2) is 23.7 Å². The number of hydrogen-bond donors (Lipinski definition) is 2. The average molecular weight is 303 g/mol. The highest BCUT2D eigenvalue weighted by Crippen LogP contribution is 2.28. The lowest BCUT2D eigenvalue weighted by atomic mass is 10.0. The van der Waals surface area contributed by atoms with E-state index >= 15 is 0 Å². The lowest BCUT2D eigenvalue weighted by Crippen LogP contribution is -2.32. The molecule has 0 bridgehead atoms. The summed E-state index contributed by atoms with van der Waals surface area (Å²) in [4.78, 5) is 13.1. The molecule has 0 aliphatic carbocycles. The summed E-state index contributed by atoms with van der Waals surface area (Å²) >= 11 is 1.46. The molecule has 1 atom stereocenters. The van der Waals surface area contributed by atoms with Gasteiger partial charge in [0.15, 0.2) is 0 Å². The number of rotatable bonds is 6. The molecule has 2 aromatic rings. The van der Waals surface area contributed by atoms with Gasteiger partial charge in [-0.15, -0.1) is 11.3 Å². The standard InChI is InChI=1S/C17H21NO2S/c1-12-5-7-14(8-6-12)15-9-11-21-16(15)17(20)18-13(2)4-3-10-19/h5-9,11,13,19H,3-4,10H2,1-2H3,(H,18,20). The first-order chi connectivity index (χ1) is 10.1. The third-order valence-corrected chi connectivity index (χ3v) is 4.32. The lowest BCUT2D eigenvalue weighted by molar-refractivity contribution is 0.0941. The van der Waals surface area contributed by atoms with E-state index in [2.05, 4.69) is 17.4 Å². The number of amides is 1. The Morgan fingerprint density at radius 2 is 2.00 bits per heavy atom. The summed E-state index contributed by atoms with van der Waals surface area (Å²) in [6.45, 7) is 4.18. The minimum Gasteiger partial charge on any atom is -0.396 e. The van der Waals surface area contributed by atoms with Gasteiger partial charge in [0.05, 0.1) is 4.88 Å². The minimum absolute atomic E-state index is 0.0361. The molecule has 0 radical (unpaired) electrons. The summed E-state index contributed by atoms with van der Waals surface area (Å²) in [6, 6.07) is 10.3. The van der Waals surface area contributed by atoms with Crippen molar-refractivity contribution in [1.29, 1.82) is 0 Å². The van der Waals surface area contributed by atoms with Crippen molar-refractivity contribution < 1.29 is 9.90 Å². The van der Waals surface area contributed by atoms with E-state index in [0.29, 0.717) is 6.42 Å². The predicted octanol–water partition coefficient (Wildman–Crippen LogP) is 3.61. The molecule has 1 amide bonds. The largest absolute Gasteiger partial charge is 0.396 e. The molecule has 0 saturated carbocycles. The maximum absolute atomic E-state index is 12.4. The highest BCUT2D eigenvalue weighted by atomic mass is 32.1. The molecule has 1 aromatic carbocycles. The average Bonchev–Trinajstić information content (AvgIpc) is 2.95. The summed E-state index contributed by atoms with van der Waals surface area (Å²) in [6.07, 6.45) is 1.49. The normalized spacial score (nSPS) is 12.1. The van der Waals surface area contributed by atoms with Crippen LogP contribution in [-0.2, 0) is 0 Å². The van der Waals surface area contributed by atoms with E-state index in [0.717, 1.165) is 22.4 Å². The Hall–Kier alpha value is -1.65. The second-order valence-electron chi connectivity index (χ2n) is 5.27. The molecule has 1 heterocycles. The minimum atomic E-state index is -0.0361. The van der Waals surface area contributed by atoms with Crippen LogP contribution in [0.3, 0.4) is 0 Å². The third-order valence-electron chi connectivity index (χ3n) is 3.41. The Labute approximate surface area is 129 Å². The number of benzene rings is 1. The second-order valence-corrected chi connectivity index (χ2v) is 6.19. The number of hydrogen-bond acceptors (Lipinski definition) is 3. The van der Waals surface area contributed by atoms with Gasteiger partial charge in [0.25, 0.3) is 5.91 Å². The van der Waals surface area contributed by atoms with Crippen LogP contribution < -0.4 is 5.32 Å². The van der Waals surface area contributed by atoms with E-state index in [1.54, 1.807) is 0 Å². The molecule has 1 aromatic heterocycles. The Balaban J connectivity index is 2.12. The van der Waals surface area contributed by atoms with E-state index in [1.165, 1.54) is 16.9 Å². The van der Waals surface area contributed by atoms with Crippen LogP contribution in [0.2, 0.25) is 0 Å². The van der Waals surface area contributed by atoms with Gasteiger partial charge in [0.1, 0.15) is 0 Å². The van der Waals surface area contributed by atoms with Crippen LogP contribution in [0.4, 0.5) is 0 Å². The molecule has 112 valence electrons. The van der Waals surface area contributed by atoms with Crippen LogP contribution in [0.15, 0.2) is 35.7 Å². The number of aliphatic hydroxyl groups excluding tert-OH is 1.